The lowest BCUT2D eigenvalue weighted by Crippen LogP contribution is -2.51. The van der Waals surface area contributed by atoms with Crippen LogP contribution in [0.25, 0.3) is 0 Å². The normalized spacial score (nSPS) is 14.6. The summed E-state index contributed by atoms with van der Waals surface area (Å²) in [5.74, 6) is 0. The van der Waals surface area contributed by atoms with E-state index < -0.39 is 0 Å². The highest BCUT2D eigenvalue weighted by molar-refractivity contribution is 5.74. The Balaban J connectivity index is 1.52. The Morgan fingerprint density at radius 3 is 2.29 bits per heavy atom. The van der Waals surface area contributed by atoms with E-state index in [0.29, 0.717) is 6.54 Å². The molecule has 5 nitrogen and oxygen atoms in total. The molecule has 0 atom stereocenters. The Bertz CT molecular complexity index is 674. The van der Waals surface area contributed by atoms with Gasteiger partial charge in [-0.25, -0.2) is 4.79 Å². The molecule has 0 aliphatic carbocycles. The zero-order chi connectivity index (χ0) is 16.9. The molecule has 0 spiro atoms. The SMILES string of the molecule is Cc1cc(C)cc(N2CCN(C(=O)NCc3ccncc3)CC2)c1. The number of carbonyl (C=O) groups is 1. The van der Waals surface area contributed by atoms with Crippen molar-refractivity contribution >= 4 is 11.7 Å². The molecule has 2 aromatic rings. The lowest BCUT2D eigenvalue weighted by molar-refractivity contribution is 0.194. The van der Waals surface area contributed by atoms with Crippen molar-refractivity contribution < 1.29 is 4.79 Å². The van der Waals surface area contributed by atoms with Crippen molar-refractivity contribution in [3.05, 3.63) is 59.4 Å². The number of aryl methyl sites for hydroxylation is 2. The fraction of sp³-hybridized carbons (Fsp3) is 0.368. The van der Waals surface area contributed by atoms with Gasteiger partial charge in [0.2, 0.25) is 0 Å². The molecule has 1 aromatic carbocycles. The van der Waals surface area contributed by atoms with Crippen LogP contribution in [-0.2, 0) is 6.54 Å². The van der Waals surface area contributed by atoms with Gasteiger partial charge in [-0.15, -0.1) is 0 Å². The van der Waals surface area contributed by atoms with Crippen LogP contribution in [0.1, 0.15) is 16.7 Å². The molecule has 0 saturated carbocycles. The first kappa shape index (κ1) is 16.3. The Kier molecular flexibility index (Phi) is 4.99. The molecule has 5 heteroatoms. The summed E-state index contributed by atoms with van der Waals surface area (Å²) in [4.78, 5) is 20.5. The number of rotatable bonds is 3. The molecule has 2 amide bonds. The first-order valence-electron chi connectivity index (χ1n) is 8.37. The van der Waals surface area contributed by atoms with Crippen LogP contribution >= 0.6 is 0 Å². The van der Waals surface area contributed by atoms with E-state index in [2.05, 4.69) is 47.2 Å². The van der Waals surface area contributed by atoms with E-state index >= 15 is 0 Å². The van der Waals surface area contributed by atoms with Crippen molar-refractivity contribution in [1.29, 1.82) is 0 Å². The number of urea groups is 1. The topological polar surface area (TPSA) is 48.5 Å². The van der Waals surface area contributed by atoms with E-state index in [9.17, 15) is 4.79 Å². The van der Waals surface area contributed by atoms with Gasteiger partial charge < -0.3 is 15.1 Å². The molecule has 1 aromatic heterocycles. The maximum Gasteiger partial charge on any atom is 0.317 e. The third-order valence-corrected chi connectivity index (χ3v) is 4.33. The van der Waals surface area contributed by atoms with Gasteiger partial charge in [0.05, 0.1) is 0 Å². The van der Waals surface area contributed by atoms with E-state index in [-0.39, 0.29) is 6.03 Å². The maximum absolute atomic E-state index is 12.3. The van der Waals surface area contributed by atoms with Gasteiger partial charge in [0.25, 0.3) is 0 Å². The van der Waals surface area contributed by atoms with Gasteiger partial charge in [-0.05, 0) is 54.8 Å². The summed E-state index contributed by atoms with van der Waals surface area (Å²) in [7, 11) is 0. The van der Waals surface area contributed by atoms with Crippen LogP contribution in [0.15, 0.2) is 42.7 Å². The Morgan fingerprint density at radius 1 is 1.04 bits per heavy atom. The van der Waals surface area contributed by atoms with Crippen LogP contribution in [0.3, 0.4) is 0 Å². The van der Waals surface area contributed by atoms with Gasteiger partial charge in [-0.1, -0.05) is 6.07 Å². The summed E-state index contributed by atoms with van der Waals surface area (Å²) in [6.45, 7) is 8.01. The Morgan fingerprint density at radius 2 is 1.67 bits per heavy atom. The summed E-state index contributed by atoms with van der Waals surface area (Å²) < 4.78 is 0. The highest BCUT2D eigenvalue weighted by atomic mass is 16.2. The van der Waals surface area contributed by atoms with E-state index in [1.807, 2.05) is 17.0 Å². The maximum atomic E-state index is 12.3. The van der Waals surface area contributed by atoms with E-state index in [1.54, 1.807) is 12.4 Å². The number of hydrogen-bond donors (Lipinski definition) is 1. The zero-order valence-electron chi connectivity index (χ0n) is 14.3. The quantitative estimate of drug-likeness (QED) is 0.944. The minimum absolute atomic E-state index is 0.00638. The van der Waals surface area contributed by atoms with Crippen LogP contribution in [0.2, 0.25) is 0 Å². The summed E-state index contributed by atoms with van der Waals surface area (Å²) in [6.07, 6.45) is 3.48. The molecule has 0 radical (unpaired) electrons. The number of amides is 2. The van der Waals surface area contributed by atoms with Gasteiger partial charge >= 0.3 is 6.03 Å². The highest BCUT2D eigenvalue weighted by Crippen LogP contribution is 2.20. The lowest BCUT2D eigenvalue weighted by atomic mass is 10.1. The van der Waals surface area contributed by atoms with Crippen molar-refractivity contribution in [3.8, 4) is 0 Å². The summed E-state index contributed by atoms with van der Waals surface area (Å²) in [5, 5.41) is 2.98. The second-order valence-electron chi connectivity index (χ2n) is 6.33. The first-order chi connectivity index (χ1) is 11.6. The highest BCUT2D eigenvalue weighted by Gasteiger charge is 2.21. The van der Waals surface area contributed by atoms with Crippen LogP contribution < -0.4 is 10.2 Å². The van der Waals surface area contributed by atoms with Gasteiger partial charge in [0.1, 0.15) is 0 Å². The number of piperazine rings is 1. The van der Waals surface area contributed by atoms with Crippen molar-refractivity contribution in [2.75, 3.05) is 31.1 Å². The van der Waals surface area contributed by atoms with Crippen LogP contribution in [-0.4, -0.2) is 42.1 Å². The Hall–Kier alpha value is -2.56. The number of aromatic nitrogens is 1. The van der Waals surface area contributed by atoms with E-state index in [4.69, 9.17) is 0 Å². The minimum atomic E-state index is 0.00638. The summed E-state index contributed by atoms with van der Waals surface area (Å²) in [6, 6.07) is 10.5. The van der Waals surface area contributed by atoms with Crippen molar-refractivity contribution in [1.82, 2.24) is 15.2 Å². The lowest BCUT2D eigenvalue weighted by Gasteiger charge is -2.36. The first-order valence-corrected chi connectivity index (χ1v) is 8.37. The number of benzene rings is 1. The zero-order valence-corrected chi connectivity index (χ0v) is 14.3. The van der Waals surface area contributed by atoms with Crippen LogP contribution in [0.5, 0.6) is 0 Å². The average molecular weight is 324 g/mol. The predicted octanol–water partition coefficient (Wildman–Crippen LogP) is 2.73. The molecule has 126 valence electrons. The second-order valence-corrected chi connectivity index (χ2v) is 6.33. The molecule has 1 aliphatic heterocycles. The molecule has 2 heterocycles. The number of nitrogens with zero attached hydrogens (tertiary/aromatic N) is 3. The minimum Gasteiger partial charge on any atom is -0.368 e. The van der Waals surface area contributed by atoms with Crippen molar-refractivity contribution in [2.45, 2.75) is 20.4 Å². The molecule has 1 aliphatic rings. The summed E-state index contributed by atoms with van der Waals surface area (Å²) in [5.41, 5.74) is 4.88. The number of anilines is 1. The number of hydrogen-bond acceptors (Lipinski definition) is 3. The fourth-order valence-electron chi connectivity index (χ4n) is 3.09. The smallest absolute Gasteiger partial charge is 0.317 e. The van der Waals surface area contributed by atoms with Gasteiger partial charge in [-0.2, -0.15) is 0 Å². The van der Waals surface area contributed by atoms with Crippen molar-refractivity contribution in [3.63, 3.8) is 0 Å². The molecule has 1 saturated heterocycles. The van der Waals surface area contributed by atoms with E-state index in [0.717, 1.165) is 31.7 Å². The second kappa shape index (κ2) is 7.34. The summed E-state index contributed by atoms with van der Waals surface area (Å²) >= 11 is 0. The largest absolute Gasteiger partial charge is 0.368 e. The molecule has 0 unspecified atom stereocenters. The van der Waals surface area contributed by atoms with Crippen LogP contribution in [0.4, 0.5) is 10.5 Å². The number of nitrogens with one attached hydrogen (secondary N) is 1. The third-order valence-electron chi connectivity index (χ3n) is 4.33. The molecule has 1 fully saturated rings. The van der Waals surface area contributed by atoms with Crippen LogP contribution in [0, 0.1) is 13.8 Å². The molecular weight excluding hydrogens is 300 g/mol. The Labute approximate surface area is 143 Å². The van der Waals surface area contributed by atoms with Crippen molar-refractivity contribution in [2.24, 2.45) is 0 Å². The standard InChI is InChI=1S/C19H24N4O/c1-15-11-16(2)13-18(12-15)22-7-9-23(10-8-22)19(24)21-14-17-3-5-20-6-4-17/h3-6,11-13H,7-10,14H2,1-2H3,(H,21,24). The monoisotopic (exact) mass is 324 g/mol. The third kappa shape index (κ3) is 4.04. The molecular formula is C19H24N4O. The molecule has 0 bridgehead atoms. The predicted molar refractivity (Wildman–Crippen MR) is 96.2 cm³/mol. The fourth-order valence-corrected chi connectivity index (χ4v) is 3.09. The average Bonchev–Trinajstić information content (AvgIpc) is 2.60. The van der Waals surface area contributed by atoms with Gasteiger partial charge in [0, 0.05) is 50.8 Å². The van der Waals surface area contributed by atoms with Gasteiger partial charge in [0.15, 0.2) is 0 Å². The van der Waals surface area contributed by atoms with Gasteiger partial charge in [-0.3, -0.25) is 4.98 Å². The molecule has 1 N–H and O–H groups in total. The molecule has 24 heavy (non-hydrogen) atoms. The number of carbonyl (C=O) groups excluding carboxylic acids is 1. The molecule has 3 rings (SSSR count). The number of pyridine rings is 1. The van der Waals surface area contributed by atoms with E-state index in [1.165, 1.54) is 16.8 Å².